The van der Waals surface area contributed by atoms with E-state index in [1.807, 2.05) is 44.2 Å². The Hall–Kier alpha value is -1.57. The number of hydrogen-bond donors (Lipinski definition) is 0. The van der Waals surface area contributed by atoms with Crippen molar-refractivity contribution in [3.8, 4) is 0 Å². The Labute approximate surface area is 110 Å². The number of benzene rings is 1. The third-order valence-electron chi connectivity index (χ3n) is 2.76. The van der Waals surface area contributed by atoms with Crippen LogP contribution in [0.1, 0.15) is 44.2 Å². The molecular formula is C16H22O2. The molecule has 0 aliphatic heterocycles. The summed E-state index contributed by atoms with van der Waals surface area (Å²) in [5.41, 5.74) is 2.82. The van der Waals surface area contributed by atoms with Crippen LogP contribution in [-0.4, -0.2) is 12.6 Å². The average Bonchev–Trinajstić information content (AvgIpc) is 2.36. The summed E-state index contributed by atoms with van der Waals surface area (Å²) in [5.74, 6) is -0.225. The van der Waals surface area contributed by atoms with E-state index in [2.05, 4.69) is 6.92 Å². The molecule has 0 heterocycles. The molecule has 0 N–H and O–H groups in total. The molecule has 2 nitrogen and oxygen atoms in total. The smallest absolute Gasteiger partial charge is 0.338 e. The van der Waals surface area contributed by atoms with Crippen LogP contribution in [0.5, 0.6) is 0 Å². The summed E-state index contributed by atoms with van der Waals surface area (Å²) in [4.78, 5) is 11.9. The van der Waals surface area contributed by atoms with Gasteiger partial charge in [-0.2, -0.15) is 0 Å². The van der Waals surface area contributed by atoms with Crippen molar-refractivity contribution in [2.75, 3.05) is 6.61 Å². The number of ether oxygens (including phenoxy) is 1. The number of unbranched alkanes of at least 4 members (excludes halogenated alkanes) is 2. The third-order valence-corrected chi connectivity index (χ3v) is 2.76. The van der Waals surface area contributed by atoms with Gasteiger partial charge in [-0.05, 0) is 25.8 Å². The van der Waals surface area contributed by atoms with E-state index in [-0.39, 0.29) is 5.97 Å². The molecular weight excluding hydrogens is 224 g/mol. The molecule has 0 saturated heterocycles. The highest BCUT2D eigenvalue weighted by atomic mass is 16.5. The van der Waals surface area contributed by atoms with E-state index < -0.39 is 0 Å². The lowest BCUT2D eigenvalue weighted by molar-refractivity contribution is -0.136. The molecule has 0 spiro atoms. The maximum absolute atomic E-state index is 11.9. The molecule has 0 bridgehead atoms. The first-order valence-corrected chi connectivity index (χ1v) is 6.63. The molecule has 0 fully saturated rings. The summed E-state index contributed by atoms with van der Waals surface area (Å²) in [6, 6.07) is 7.98. The van der Waals surface area contributed by atoms with Crippen LogP contribution >= 0.6 is 0 Å². The standard InChI is InChI=1S/C16H22O2/c1-4-6-7-8-15(16(17)18-5-2)14-11-9-13(3)10-12-14/h8-12H,4-7H2,1-3H3/b15-8-. The molecule has 2 heteroatoms. The van der Waals surface area contributed by atoms with Gasteiger partial charge in [-0.1, -0.05) is 55.7 Å². The largest absolute Gasteiger partial charge is 0.462 e. The minimum absolute atomic E-state index is 0.225. The molecule has 0 amide bonds. The maximum atomic E-state index is 11.9. The number of carbonyl (C=O) groups excluding carboxylic acids is 1. The van der Waals surface area contributed by atoms with Crippen molar-refractivity contribution in [1.82, 2.24) is 0 Å². The minimum Gasteiger partial charge on any atom is -0.462 e. The van der Waals surface area contributed by atoms with Crippen molar-refractivity contribution in [3.63, 3.8) is 0 Å². The highest BCUT2D eigenvalue weighted by Gasteiger charge is 2.12. The Bertz CT molecular complexity index is 402. The van der Waals surface area contributed by atoms with Crippen LogP contribution in [0.4, 0.5) is 0 Å². The molecule has 98 valence electrons. The van der Waals surface area contributed by atoms with Crippen LogP contribution < -0.4 is 0 Å². The van der Waals surface area contributed by atoms with E-state index in [4.69, 9.17) is 4.74 Å². The van der Waals surface area contributed by atoms with Crippen LogP contribution in [0.3, 0.4) is 0 Å². The fraction of sp³-hybridized carbons (Fsp3) is 0.438. The molecule has 0 aliphatic carbocycles. The zero-order valence-electron chi connectivity index (χ0n) is 11.5. The molecule has 0 unspecified atom stereocenters. The molecule has 1 rings (SSSR count). The number of allylic oxidation sites excluding steroid dienone is 1. The second-order valence-corrected chi connectivity index (χ2v) is 4.35. The molecule has 0 radical (unpaired) electrons. The quantitative estimate of drug-likeness (QED) is 0.428. The fourth-order valence-corrected chi connectivity index (χ4v) is 1.71. The maximum Gasteiger partial charge on any atom is 0.338 e. The Kier molecular flexibility index (Phi) is 6.20. The first-order chi connectivity index (χ1) is 8.69. The lowest BCUT2D eigenvalue weighted by atomic mass is 10.0. The fourth-order valence-electron chi connectivity index (χ4n) is 1.71. The summed E-state index contributed by atoms with van der Waals surface area (Å²) < 4.78 is 5.11. The van der Waals surface area contributed by atoms with E-state index >= 15 is 0 Å². The van der Waals surface area contributed by atoms with Crippen molar-refractivity contribution in [3.05, 3.63) is 41.5 Å². The van der Waals surface area contributed by atoms with Crippen LogP contribution in [-0.2, 0) is 9.53 Å². The average molecular weight is 246 g/mol. The summed E-state index contributed by atoms with van der Waals surface area (Å²) >= 11 is 0. The minimum atomic E-state index is -0.225. The Morgan fingerprint density at radius 2 is 1.89 bits per heavy atom. The third kappa shape index (κ3) is 4.36. The number of hydrogen-bond acceptors (Lipinski definition) is 2. The summed E-state index contributed by atoms with van der Waals surface area (Å²) in [6.07, 6.45) is 5.12. The van der Waals surface area contributed by atoms with Crippen molar-refractivity contribution in [2.45, 2.75) is 40.0 Å². The monoisotopic (exact) mass is 246 g/mol. The van der Waals surface area contributed by atoms with Gasteiger partial charge in [-0.25, -0.2) is 4.79 Å². The molecule has 0 aromatic heterocycles. The molecule has 0 saturated carbocycles. The van der Waals surface area contributed by atoms with Gasteiger partial charge in [0.2, 0.25) is 0 Å². The predicted octanol–water partition coefficient (Wildman–Crippen LogP) is 4.13. The van der Waals surface area contributed by atoms with Crippen molar-refractivity contribution >= 4 is 11.5 Å². The van der Waals surface area contributed by atoms with Gasteiger partial charge in [0.25, 0.3) is 0 Å². The van der Waals surface area contributed by atoms with Gasteiger partial charge in [0.05, 0.1) is 12.2 Å². The lowest BCUT2D eigenvalue weighted by Crippen LogP contribution is -2.07. The zero-order valence-corrected chi connectivity index (χ0v) is 11.5. The van der Waals surface area contributed by atoms with Gasteiger partial charge < -0.3 is 4.74 Å². The van der Waals surface area contributed by atoms with Crippen LogP contribution in [0.25, 0.3) is 5.57 Å². The second kappa shape index (κ2) is 7.70. The van der Waals surface area contributed by atoms with Gasteiger partial charge in [-0.15, -0.1) is 0 Å². The Morgan fingerprint density at radius 1 is 1.22 bits per heavy atom. The second-order valence-electron chi connectivity index (χ2n) is 4.35. The molecule has 0 aliphatic rings. The highest BCUT2D eigenvalue weighted by Crippen LogP contribution is 2.18. The van der Waals surface area contributed by atoms with Gasteiger partial charge in [-0.3, -0.25) is 0 Å². The number of esters is 1. The summed E-state index contributed by atoms with van der Waals surface area (Å²) in [7, 11) is 0. The van der Waals surface area contributed by atoms with Gasteiger partial charge in [0.1, 0.15) is 0 Å². The van der Waals surface area contributed by atoms with E-state index in [9.17, 15) is 4.79 Å². The van der Waals surface area contributed by atoms with E-state index in [0.717, 1.165) is 24.8 Å². The van der Waals surface area contributed by atoms with E-state index in [1.165, 1.54) is 5.56 Å². The Balaban J connectivity index is 2.92. The number of carbonyl (C=O) groups is 1. The zero-order chi connectivity index (χ0) is 13.4. The predicted molar refractivity (Wildman–Crippen MR) is 75.3 cm³/mol. The number of rotatable bonds is 6. The summed E-state index contributed by atoms with van der Waals surface area (Å²) in [5, 5.41) is 0. The Morgan fingerprint density at radius 3 is 2.44 bits per heavy atom. The summed E-state index contributed by atoms with van der Waals surface area (Å²) in [6.45, 7) is 6.42. The molecule has 1 aromatic rings. The topological polar surface area (TPSA) is 26.3 Å². The van der Waals surface area contributed by atoms with Gasteiger partial charge in [0.15, 0.2) is 0 Å². The first-order valence-electron chi connectivity index (χ1n) is 6.63. The molecule has 0 atom stereocenters. The van der Waals surface area contributed by atoms with Gasteiger partial charge >= 0.3 is 5.97 Å². The van der Waals surface area contributed by atoms with Crippen molar-refractivity contribution < 1.29 is 9.53 Å². The van der Waals surface area contributed by atoms with E-state index in [0.29, 0.717) is 12.2 Å². The molecule has 1 aromatic carbocycles. The lowest BCUT2D eigenvalue weighted by Gasteiger charge is -2.08. The van der Waals surface area contributed by atoms with Crippen molar-refractivity contribution in [2.24, 2.45) is 0 Å². The van der Waals surface area contributed by atoms with Crippen LogP contribution in [0, 0.1) is 6.92 Å². The van der Waals surface area contributed by atoms with E-state index in [1.54, 1.807) is 0 Å². The van der Waals surface area contributed by atoms with Gasteiger partial charge in [0, 0.05) is 0 Å². The first kappa shape index (κ1) is 14.5. The van der Waals surface area contributed by atoms with Crippen molar-refractivity contribution in [1.29, 1.82) is 0 Å². The highest BCUT2D eigenvalue weighted by molar-refractivity contribution is 6.16. The van der Waals surface area contributed by atoms with Crippen LogP contribution in [0.2, 0.25) is 0 Å². The molecule has 18 heavy (non-hydrogen) atoms. The SMILES string of the molecule is CCCC/C=C(\C(=O)OCC)c1ccc(C)cc1. The van der Waals surface area contributed by atoms with Crippen LogP contribution in [0.15, 0.2) is 30.3 Å². The number of aryl methyl sites for hydroxylation is 1. The normalized spacial score (nSPS) is 11.4.